The van der Waals surface area contributed by atoms with E-state index >= 15 is 0 Å². The molecule has 122 valence electrons. The lowest BCUT2D eigenvalue weighted by Gasteiger charge is -2.38. The van der Waals surface area contributed by atoms with Gasteiger partial charge < -0.3 is 10.1 Å². The van der Waals surface area contributed by atoms with E-state index in [9.17, 15) is 4.79 Å². The number of hydrogen-bond acceptors (Lipinski definition) is 3. The van der Waals surface area contributed by atoms with Crippen molar-refractivity contribution in [2.75, 3.05) is 13.1 Å². The van der Waals surface area contributed by atoms with Gasteiger partial charge in [-0.3, -0.25) is 4.79 Å². The molecule has 0 bridgehead atoms. The summed E-state index contributed by atoms with van der Waals surface area (Å²) < 4.78 is 6.08. The van der Waals surface area contributed by atoms with Gasteiger partial charge in [0.05, 0.1) is 5.92 Å². The number of hydrogen-bond donors (Lipinski definition) is 1. The van der Waals surface area contributed by atoms with Crippen molar-refractivity contribution in [1.29, 1.82) is 0 Å². The van der Waals surface area contributed by atoms with Crippen molar-refractivity contribution >= 4 is 5.97 Å². The molecule has 0 aromatic heterocycles. The number of benzene rings is 1. The van der Waals surface area contributed by atoms with Crippen LogP contribution in [0.15, 0.2) is 30.3 Å². The quantitative estimate of drug-likeness (QED) is 0.811. The van der Waals surface area contributed by atoms with Crippen LogP contribution in [-0.2, 0) is 15.1 Å². The Morgan fingerprint density at radius 2 is 1.77 bits per heavy atom. The van der Waals surface area contributed by atoms with Crippen molar-refractivity contribution in [3.8, 4) is 0 Å². The molecule has 1 aliphatic heterocycles. The minimum atomic E-state index is -0.449. The molecule has 0 saturated carbocycles. The van der Waals surface area contributed by atoms with Crippen LogP contribution in [0.25, 0.3) is 0 Å². The minimum Gasteiger partial charge on any atom is -0.454 e. The molecule has 22 heavy (non-hydrogen) atoms. The zero-order valence-electron chi connectivity index (χ0n) is 14.1. The van der Waals surface area contributed by atoms with Gasteiger partial charge in [0.15, 0.2) is 0 Å². The monoisotopic (exact) mass is 303 g/mol. The van der Waals surface area contributed by atoms with Gasteiger partial charge >= 0.3 is 5.97 Å². The predicted octanol–water partition coefficient (Wildman–Crippen LogP) is 3.88. The third-order valence-electron chi connectivity index (χ3n) is 4.59. The summed E-state index contributed by atoms with van der Waals surface area (Å²) in [6.45, 7) is 8.15. The van der Waals surface area contributed by atoms with Crippen LogP contribution < -0.4 is 5.32 Å². The van der Waals surface area contributed by atoms with Gasteiger partial charge in [0.25, 0.3) is 0 Å². The topological polar surface area (TPSA) is 38.3 Å². The lowest BCUT2D eigenvalue weighted by Crippen LogP contribution is -2.44. The highest BCUT2D eigenvalue weighted by Gasteiger charge is 2.38. The fraction of sp³-hybridized carbons (Fsp3) is 0.632. The van der Waals surface area contributed by atoms with Crippen molar-refractivity contribution in [3.05, 3.63) is 35.9 Å². The molecule has 1 aromatic carbocycles. The lowest BCUT2D eigenvalue weighted by atomic mass is 9.84. The zero-order chi connectivity index (χ0) is 16.0. The first-order valence-electron chi connectivity index (χ1n) is 8.52. The summed E-state index contributed by atoms with van der Waals surface area (Å²) in [5.41, 5.74) is 0.677. The number of esters is 1. The third kappa shape index (κ3) is 4.33. The Labute approximate surface area is 134 Å². The Kier molecular flexibility index (Phi) is 6.01. The fourth-order valence-electron chi connectivity index (χ4n) is 3.02. The number of ether oxygens (including phenoxy) is 1. The Bertz CT molecular complexity index is 464. The van der Waals surface area contributed by atoms with Gasteiger partial charge in [0, 0.05) is 12.8 Å². The molecule has 1 saturated heterocycles. The van der Waals surface area contributed by atoms with Crippen molar-refractivity contribution in [3.63, 3.8) is 0 Å². The van der Waals surface area contributed by atoms with Gasteiger partial charge in [-0.15, -0.1) is 0 Å². The Morgan fingerprint density at radius 1 is 1.14 bits per heavy atom. The summed E-state index contributed by atoms with van der Waals surface area (Å²) in [4.78, 5) is 12.6. The molecule has 1 atom stereocenters. The van der Waals surface area contributed by atoms with E-state index in [0.717, 1.165) is 44.3 Å². The normalized spacial score (nSPS) is 18.9. The molecule has 3 heteroatoms. The summed E-state index contributed by atoms with van der Waals surface area (Å²) in [5.74, 6) is 0.543. The second-order valence-electron chi connectivity index (χ2n) is 6.90. The summed E-state index contributed by atoms with van der Waals surface area (Å²) in [6.07, 6.45) is 3.66. The number of carbonyl (C=O) groups excluding carboxylic acids is 1. The summed E-state index contributed by atoms with van der Waals surface area (Å²) >= 11 is 0. The third-order valence-corrected chi connectivity index (χ3v) is 4.59. The second kappa shape index (κ2) is 7.77. The average molecular weight is 303 g/mol. The SMILES string of the molecule is CC(C)CCC(C)C(=O)OC1(c2ccccc2)CCNCC1. The highest BCUT2D eigenvalue weighted by Crippen LogP contribution is 2.36. The summed E-state index contributed by atoms with van der Waals surface area (Å²) in [6, 6.07) is 10.2. The van der Waals surface area contributed by atoms with E-state index in [-0.39, 0.29) is 11.9 Å². The molecule has 1 heterocycles. The molecule has 0 radical (unpaired) electrons. The van der Waals surface area contributed by atoms with E-state index in [1.807, 2.05) is 25.1 Å². The first kappa shape index (κ1) is 17.0. The Hall–Kier alpha value is -1.35. The fourth-order valence-corrected chi connectivity index (χ4v) is 3.02. The summed E-state index contributed by atoms with van der Waals surface area (Å²) in [5, 5.41) is 3.36. The first-order chi connectivity index (χ1) is 10.5. The van der Waals surface area contributed by atoms with Gasteiger partial charge in [-0.1, -0.05) is 57.5 Å². The number of piperidine rings is 1. The van der Waals surface area contributed by atoms with E-state index in [0.29, 0.717) is 5.92 Å². The lowest BCUT2D eigenvalue weighted by molar-refractivity contribution is -0.169. The van der Waals surface area contributed by atoms with E-state index in [1.165, 1.54) is 0 Å². The van der Waals surface area contributed by atoms with Crippen LogP contribution in [0.5, 0.6) is 0 Å². The summed E-state index contributed by atoms with van der Waals surface area (Å²) in [7, 11) is 0. The largest absolute Gasteiger partial charge is 0.454 e. The molecule has 2 rings (SSSR count). The van der Waals surface area contributed by atoms with Crippen molar-refractivity contribution in [2.45, 2.75) is 52.1 Å². The maximum atomic E-state index is 12.6. The average Bonchev–Trinajstić information content (AvgIpc) is 2.54. The van der Waals surface area contributed by atoms with Gasteiger partial charge in [-0.05, 0) is 31.0 Å². The van der Waals surface area contributed by atoms with Crippen LogP contribution in [0.1, 0.15) is 52.0 Å². The second-order valence-corrected chi connectivity index (χ2v) is 6.90. The molecule has 1 fully saturated rings. The van der Waals surface area contributed by atoms with E-state index in [1.54, 1.807) is 0 Å². The standard InChI is InChI=1S/C19H29NO2/c1-15(2)9-10-16(3)18(21)22-19(11-13-20-14-12-19)17-7-5-4-6-8-17/h4-8,15-16,20H,9-14H2,1-3H3. The van der Waals surface area contributed by atoms with Crippen LogP contribution in [0.2, 0.25) is 0 Å². The smallest absolute Gasteiger partial charge is 0.309 e. The van der Waals surface area contributed by atoms with E-state index in [2.05, 4.69) is 31.3 Å². The zero-order valence-corrected chi connectivity index (χ0v) is 14.1. The number of carbonyl (C=O) groups is 1. The maximum Gasteiger partial charge on any atom is 0.309 e. The number of rotatable bonds is 6. The molecule has 1 aliphatic rings. The van der Waals surface area contributed by atoms with Gasteiger partial charge in [-0.2, -0.15) is 0 Å². The minimum absolute atomic E-state index is 0.0297. The first-order valence-corrected chi connectivity index (χ1v) is 8.52. The van der Waals surface area contributed by atoms with Crippen LogP contribution >= 0.6 is 0 Å². The van der Waals surface area contributed by atoms with Gasteiger partial charge in [-0.25, -0.2) is 0 Å². The molecule has 0 spiro atoms. The Balaban J connectivity index is 2.09. The predicted molar refractivity (Wildman–Crippen MR) is 89.6 cm³/mol. The molecule has 0 aliphatic carbocycles. The molecular weight excluding hydrogens is 274 g/mol. The maximum absolute atomic E-state index is 12.6. The Morgan fingerprint density at radius 3 is 2.36 bits per heavy atom. The molecule has 1 unspecified atom stereocenters. The van der Waals surface area contributed by atoms with Crippen LogP contribution in [0.4, 0.5) is 0 Å². The number of nitrogens with one attached hydrogen (secondary N) is 1. The molecule has 1 N–H and O–H groups in total. The highest BCUT2D eigenvalue weighted by atomic mass is 16.6. The van der Waals surface area contributed by atoms with Crippen molar-refractivity contribution in [1.82, 2.24) is 5.32 Å². The molecule has 1 aromatic rings. The van der Waals surface area contributed by atoms with Gasteiger partial charge in [0.2, 0.25) is 0 Å². The van der Waals surface area contributed by atoms with Crippen molar-refractivity contribution in [2.24, 2.45) is 11.8 Å². The van der Waals surface area contributed by atoms with E-state index < -0.39 is 5.60 Å². The highest BCUT2D eigenvalue weighted by molar-refractivity contribution is 5.72. The van der Waals surface area contributed by atoms with E-state index in [4.69, 9.17) is 4.74 Å². The molecular formula is C19H29NO2. The van der Waals surface area contributed by atoms with Gasteiger partial charge in [0.1, 0.15) is 5.60 Å². The molecule has 0 amide bonds. The van der Waals surface area contributed by atoms with Crippen molar-refractivity contribution < 1.29 is 9.53 Å². The van der Waals surface area contributed by atoms with Crippen LogP contribution in [0, 0.1) is 11.8 Å². The molecule has 3 nitrogen and oxygen atoms in total. The van der Waals surface area contributed by atoms with Crippen LogP contribution in [0.3, 0.4) is 0 Å². The van der Waals surface area contributed by atoms with Crippen LogP contribution in [-0.4, -0.2) is 19.1 Å².